The maximum Gasteiger partial charge on any atom is 0.419 e. The zero-order valence-corrected chi connectivity index (χ0v) is 7.19. The van der Waals surface area contributed by atoms with Gasteiger partial charge in [0.15, 0.2) is 10.1 Å². The third-order valence-corrected chi connectivity index (χ3v) is 2.37. The lowest BCUT2D eigenvalue weighted by molar-refractivity contribution is -0.205. The standard InChI is InChI=1S/C5H4F3NOS2/c6-5(7,8)3(10)2-1-9-4(11)12-2/h1,3,10H,(H,9,11). The quantitative estimate of drug-likeness (QED) is 0.706. The molecule has 1 heterocycles. The summed E-state index contributed by atoms with van der Waals surface area (Å²) in [4.78, 5) is 2.18. The molecule has 0 aromatic carbocycles. The van der Waals surface area contributed by atoms with E-state index in [2.05, 4.69) is 17.2 Å². The first kappa shape index (κ1) is 9.69. The van der Waals surface area contributed by atoms with Crippen LogP contribution in [0.15, 0.2) is 6.20 Å². The minimum atomic E-state index is -4.62. The molecule has 0 saturated carbocycles. The van der Waals surface area contributed by atoms with E-state index in [-0.39, 0.29) is 8.83 Å². The van der Waals surface area contributed by atoms with Crippen LogP contribution in [-0.4, -0.2) is 16.3 Å². The van der Waals surface area contributed by atoms with E-state index < -0.39 is 12.3 Å². The van der Waals surface area contributed by atoms with Crippen LogP contribution in [0.25, 0.3) is 0 Å². The molecule has 7 heteroatoms. The zero-order chi connectivity index (χ0) is 9.35. The number of hydrogen-bond acceptors (Lipinski definition) is 3. The molecule has 0 fully saturated rings. The van der Waals surface area contributed by atoms with Crippen LogP contribution in [0.5, 0.6) is 0 Å². The fourth-order valence-corrected chi connectivity index (χ4v) is 1.63. The maximum atomic E-state index is 11.9. The molecule has 2 N–H and O–H groups in total. The van der Waals surface area contributed by atoms with Gasteiger partial charge in [0.05, 0.1) is 4.88 Å². The van der Waals surface area contributed by atoms with E-state index in [1.807, 2.05) is 0 Å². The molecule has 0 amide bonds. The summed E-state index contributed by atoms with van der Waals surface area (Å²) in [5, 5.41) is 8.69. The number of rotatable bonds is 1. The van der Waals surface area contributed by atoms with Crippen LogP contribution in [0, 0.1) is 3.95 Å². The smallest absolute Gasteiger partial charge is 0.379 e. The molecule has 0 aliphatic heterocycles. The summed E-state index contributed by atoms with van der Waals surface area (Å²) in [6.45, 7) is 0. The second kappa shape index (κ2) is 3.15. The van der Waals surface area contributed by atoms with Crippen LogP contribution in [0.4, 0.5) is 13.2 Å². The van der Waals surface area contributed by atoms with Crippen LogP contribution in [-0.2, 0) is 0 Å². The third-order valence-electron chi connectivity index (χ3n) is 1.12. The molecule has 0 bridgehead atoms. The van der Waals surface area contributed by atoms with Gasteiger partial charge in [0.2, 0.25) is 0 Å². The lowest BCUT2D eigenvalue weighted by Gasteiger charge is -2.11. The summed E-state index contributed by atoms with van der Waals surface area (Å²) in [7, 11) is 0. The van der Waals surface area contributed by atoms with Gasteiger partial charge in [-0.3, -0.25) is 0 Å². The third kappa shape index (κ3) is 2.05. The second-order valence-electron chi connectivity index (χ2n) is 2.02. The first-order valence-corrected chi connectivity index (χ1v) is 4.07. The zero-order valence-electron chi connectivity index (χ0n) is 5.55. The number of hydrogen-bond donors (Lipinski definition) is 2. The topological polar surface area (TPSA) is 36.0 Å². The Balaban J connectivity index is 2.92. The van der Waals surface area contributed by atoms with E-state index in [0.717, 1.165) is 6.20 Å². The highest BCUT2D eigenvalue weighted by Crippen LogP contribution is 2.34. The second-order valence-corrected chi connectivity index (χ2v) is 3.78. The number of halogens is 3. The number of alkyl halides is 3. The lowest BCUT2D eigenvalue weighted by Crippen LogP contribution is -2.18. The van der Waals surface area contributed by atoms with Gasteiger partial charge in [-0.1, -0.05) is 0 Å². The Morgan fingerprint density at radius 1 is 1.58 bits per heavy atom. The normalized spacial score (nSPS) is 14.7. The molecule has 0 saturated heterocycles. The molecule has 0 aliphatic rings. The number of aromatic nitrogens is 1. The van der Waals surface area contributed by atoms with Gasteiger partial charge < -0.3 is 10.1 Å². The van der Waals surface area contributed by atoms with Crippen LogP contribution in [0.1, 0.15) is 11.0 Å². The maximum absolute atomic E-state index is 11.9. The fourth-order valence-electron chi connectivity index (χ4n) is 0.592. The van der Waals surface area contributed by atoms with Crippen molar-refractivity contribution in [3.63, 3.8) is 0 Å². The molecule has 0 spiro atoms. The molecule has 0 aliphatic carbocycles. The van der Waals surface area contributed by atoms with Crippen molar-refractivity contribution in [2.75, 3.05) is 0 Å². The Bertz CT molecular complexity index is 315. The Morgan fingerprint density at radius 3 is 2.50 bits per heavy atom. The minimum absolute atomic E-state index is 0.215. The number of aliphatic hydroxyl groups is 1. The molecule has 1 atom stereocenters. The monoisotopic (exact) mass is 215 g/mol. The average molecular weight is 215 g/mol. The molecule has 1 unspecified atom stereocenters. The number of aromatic amines is 1. The van der Waals surface area contributed by atoms with Crippen molar-refractivity contribution in [1.29, 1.82) is 0 Å². The van der Waals surface area contributed by atoms with Crippen molar-refractivity contribution in [2.24, 2.45) is 0 Å². The number of H-pyrrole nitrogens is 1. The largest absolute Gasteiger partial charge is 0.419 e. The summed E-state index contributed by atoms with van der Waals surface area (Å²) in [6, 6.07) is 0. The van der Waals surface area contributed by atoms with Gasteiger partial charge in [-0.25, -0.2) is 0 Å². The summed E-state index contributed by atoms with van der Waals surface area (Å²) in [5.74, 6) is 0. The van der Waals surface area contributed by atoms with Crippen molar-refractivity contribution >= 4 is 23.6 Å². The number of aliphatic hydroxyl groups excluding tert-OH is 1. The van der Waals surface area contributed by atoms with Crippen molar-refractivity contribution in [3.8, 4) is 0 Å². The highest BCUT2D eigenvalue weighted by atomic mass is 32.1. The van der Waals surface area contributed by atoms with E-state index >= 15 is 0 Å². The molecule has 0 radical (unpaired) electrons. The summed E-state index contributed by atoms with van der Waals surface area (Å²) < 4.78 is 35.8. The van der Waals surface area contributed by atoms with Crippen LogP contribution in [0.3, 0.4) is 0 Å². The number of thiazole rings is 1. The van der Waals surface area contributed by atoms with Gasteiger partial charge in [-0.2, -0.15) is 13.2 Å². The predicted octanol–water partition coefficient (Wildman–Crippen LogP) is 2.40. The van der Waals surface area contributed by atoms with Crippen LogP contribution >= 0.6 is 23.6 Å². The Kier molecular flexibility index (Phi) is 2.55. The summed E-state index contributed by atoms with van der Waals surface area (Å²) in [5.41, 5.74) is 0. The van der Waals surface area contributed by atoms with Crippen LogP contribution < -0.4 is 0 Å². The van der Waals surface area contributed by atoms with Crippen molar-refractivity contribution in [2.45, 2.75) is 12.3 Å². The van der Waals surface area contributed by atoms with Gasteiger partial charge >= 0.3 is 6.18 Å². The van der Waals surface area contributed by atoms with Crippen molar-refractivity contribution in [1.82, 2.24) is 4.98 Å². The van der Waals surface area contributed by atoms with E-state index in [4.69, 9.17) is 5.11 Å². The molecule has 1 rings (SSSR count). The number of nitrogens with one attached hydrogen (secondary N) is 1. The van der Waals surface area contributed by atoms with Crippen LogP contribution in [0.2, 0.25) is 0 Å². The van der Waals surface area contributed by atoms with Crippen molar-refractivity contribution in [3.05, 3.63) is 15.0 Å². The van der Waals surface area contributed by atoms with Gasteiger partial charge in [-0.05, 0) is 12.2 Å². The Labute approximate surface area is 74.7 Å². The van der Waals surface area contributed by atoms with Crippen molar-refractivity contribution < 1.29 is 18.3 Å². The highest BCUT2D eigenvalue weighted by molar-refractivity contribution is 7.73. The van der Waals surface area contributed by atoms with Gasteiger partial charge in [-0.15, -0.1) is 11.3 Å². The Hall–Kier alpha value is -0.400. The molecule has 12 heavy (non-hydrogen) atoms. The van der Waals surface area contributed by atoms with E-state index in [1.54, 1.807) is 0 Å². The summed E-state index contributed by atoms with van der Waals surface area (Å²) >= 11 is 5.27. The van der Waals surface area contributed by atoms with E-state index in [9.17, 15) is 13.2 Å². The lowest BCUT2D eigenvalue weighted by atomic mass is 10.3. The first-order valence-electron chi connectivity index (χ1n) is 2.84. The predicted molar refractivity (Wildman–Crippen MR) is 40.5 cm³/mol. The molecule has 1 aromatic rings. The van der Waals surface area contributed by atoms with Gasteiger partial charge in [0.1, 0.15) is 0 Å². The van der Waals surface area contributed by atoms with Gasteiger partial charge in [0.25, 0.3) is 0 Å². The molecule has 2 nitrogen and oxygen atoms in total. The average Bonchev–Trinajstić information content (AvgIpc) is 2.32. The molecule has 68 valence electrons. The molecule has 1 aromatic heterocycles. The minimum Gasteiger partial charge on any atom is -0.379 e. The highest BCUT2D eigenvalue weighted by Gasteiger charge is 2.40. The summed E-state index contributed by atoms with van der Waals surface area (Å²) in [6.07, 6.45) is -6.00. The fraction of sp³-hybridized carbons (Fsp3) is 0.400. The molecular weight excluding hydrogens is 211 g/mol. The Morgan fingerprint density at radius 2 is 2.17 bits per heavy atom. The van der Waals surface area contributed by atoms with E-state index in [0.29, 0.717) is 11.3 Å². The van der Waals surface area contributed by atoms with Gasteiger partial charge in [0, 0.05) is 6.20 Å². The molecular formula is C5H4F3NOS2. The first-order chi connectivity index (χ1) is 5.41. The SMILES string of the molecule is OC(c1c[nH]c(=S)s1)C(F)(F)F. The van der Waals surface area contributed by atoms with E-state index in [1.165, 1.54) is 0 Å².